The normalized spacial score (nSPS) is 22.5. The zero-order valence-corrected chi connectivity index (χ0v) is 11.5. The van der Waals surface area contributed by atoms with E-state index in [0.717, 1.165) is 0 Å². The van der Waals surface area contributed by atoms with Gasteiger partial charge in [0.25, 0.3) is 0 Å². The molecule has 18 heavy (non-hydrogen) atoms. The number of benzene rings is 1. The van der Waals surface area contributed by atoms with Crippen molar-refractivity contribution in [1.29, 1.82) is 5.26 Å². The molecule has 96 valence electrons. The van der Waals surface area contributed by atoms with E-state index in [1.165, 1.54) is 0 Å². The smallest absolute Gasteiger partial charge is 0.154 e. The van der Waals surface area contributed by atoms with Crippen LogP contribution in [0.2, 0.25) is 5.02 Å². The minimum absolute atomic E-state index is 0.115. The van der Waals surface area contributed by atoms with Crippen molar-refractivity contribution in [2.24, 2.45) is 0 Å². The molecule has 1 aromatic rings. The highest BCUT2D eigenvalue weighted by Gasteiger charge is 2.29. The van der Waals surface area contributed by atoms with Gasteiger partial charge in [0.15, 0.2) is 9.84 Å². The third kappa shape index (κ3) is 2.45. The van der Waals surface area contributed by atoms with Gasteiger partial charge in [0.1, 0.15) is 6.07 Å². The van der Waals surface area contributed by atoms with Gasteiger partial charge in [-0.05, 0) is 19.1 Å². The first kappa shape index (κ1) is 13.2. The van der Waals surface area contributed by atoms with Crippen LogP contribution in [0.5, 0.6) is 0 Å². The number of rotatable bonds is 1. The second kappa shape index (κ2) is 4.79. The maximum Gasteiger partial charge on any atom is 0.154 e. The molecule has 0 saturated carbocycles. The number of nitrogens with zero attached hydrogens (tertiary/aromatic N) is 2. The molecule has 1 aliphatic heterocycles. The first-order valence-electron chi connectivity index (χ1n) is 5.60. The van der Waals surface area contributed by atoms with Crippen LogP contribution in [0, 0.1) is 11.3 Å². The number of nitriles is 1. The molecule has 1 aliphatic rings. The lowest BCUT2D eigenvalue weighted by atomic mass is 10.1. The lowest BCUT2D eigenvalue weighted by Gasteiger charge is -2.35. The monoisotopic (exact) mass is 284 g/mol. The van der Waals surface area contributed by atoms with Crippen LogP contribution >= 0.6 is 11.6 Å². The molecule has 1 unspecified atom stereocenters. The first-order chi connectivity index (χ1) is 8.44. The summed E-state index contributed by atoms with van der Waals surface area (Å²) in [5, 5.41) is 9.54. The van der Waals surface area contributed by atoms with Crippen LogP contribution in [-0.4, -0.2) is 32.5 Å². The third-order valence-electron chi connectivity index (χ3n) is 3.08. The van der Waals surface area contributed by atoms with Crippen molar-refractivity contribution in [3.8, 4) is 6.07 Å². The zero-order chi connectivity index (χ0) is 13.3. The minimum atomic E-state index is -2.96. The van der Waals surface area contributed by atoms with Crippen molar-refractivity contribution in [1.82, 2.24) is 0 Å². The van der Waals surface area contributed by atoms with Gasteiger partial charge >= 0.3 is 0 Å². The Bertz CT molecular complexity index is 607. The quantitative estimate of drug-likeness (QED) is 0.789. The van der Waals surface area contributed by atoms with Crippen LogP contribution < -0.4 is 4.90 Å². The topological polar surface area (TPSA) is 61.2 Å². The largest absolute Gasteiger partial charge is 0.366 e. The minimum Gasteiger partial charge on any atom is -0.366 e. The predicted octanol–water partition coefficient (Wildman–Crippen LogP) is 1.83. The summed E-state index contributed by atoms with van der Waals surface area (Å²) in [6.07, 6.45) is 0. The molecule has 0 radical (unpaired) electrons. The Labute approximate surface area is 112 Å². The molecule has 0 N–H and O–H groups in total. The Balaban J connectivity index is 2.40. The Morgan fingerprint density at radius 3 is 2.83 bits per heavy atom. The van der Waals surface area contributed by atoms with E-state index in [9.17, 15) is 8.42 Å². The molecule has 2 rings (SSSR count). The van der Waals surface area contributed by atoms with Crippen LogP contribution in [-0.2, 0) is 9.84 Å². The molecule has 1 aromatic carbocycles. The van der Waals surface area contributed by atoms with Gasteiger partial charge in [0.2, 0.25) is 0 Å². The number of anilines is 1. The number of sulfone groups is 1. The molecule has 1 heterocycles. The van der Waals surface area contributed by atoms with Gasteiger partial charge in [-0.2, -0.15) is 5.26 Å². The molecule has 1 atom stereocenters. The molecule has 0 spiro atoms. The van der Waals surface area contributed by atoms with E-state index in [4.69, 9.17) is 16.9 Å². The fourth-order valence-corrected chi connectivity index (χ4v) is 3.99. The Morgan fingerprint density at radius 2 is 2.22 bits per heavy atom. The van der Waals surface area contributed by atoms with Crippen LogP contribution in [0.3, 0.4) is 0 Å². The summed E-state index contributed by atoms with van der Waals surface area (Å²) in [6, 6.07) is 7.17. The van der Waals surface area contributed by atoms with Crippen LogP contribution in [0.15, 0.2) is 18.2 Å². The van der Waals surface area contributed by atoms with Gasteiger partial charge in [-0.1, -0.05) is 17.7 Å². The molecule has 1 fully saturated rings. The lowest BCUT2D eigenvalue weighted by molar-refractivity contribution is 0.568. The Morgan fingerprint density at radius 1 is 1.50 bits per heavy atom. The summed E-state index contributed by atoms with van der Waals surface area (Å²) in [5.74, 6) is 0.235. The van der Waals surface area contributed by atoms with E-state index >= 15 is 0 Å². The van der Waals surface area contributed by atoms with Crippen LogP contribution in [0.1, 0.15) is 12.5 Å². The molecule has 0 bridgehead atoms. The van der Waals surface area contributed by atoms with Crippen molar-refractivity contribution < 1.29 is 8.42 Å². The average Bonchev–Trinajstić information content (AvgIpc) is 2.27. The van der Waals surface area contributed by atoms with Gasteiger partial charge in [0, 0.05) is 12.6 Å². The van der Waals surface area contributed by atoms with E-state index in [-0.39, 0.29) is 17.5 Å². The average molecular weight is 285 g/mol. The summed E-state index contributed by atoms with van der Waals surface area (Å²) >= 11 is 5.99. The number of hydrogen-bond donors (Lipinski definition) is 0. The predicted molar refractivity (Wildman–Crippen MR) is 71.6 cm³/mol. The van der Waals surface area contributed by atoms with E-state index in [2.05, 4.69) is 6.07 Å². The van der Waals surface area contributed by atoms with Gasteiger partial charge in [0.05, 0.1) is 27.8 Å². The SMILES string of the molecule is CC1CS(=O)(=O)CCN1c1cccc(Cl)c1C#N. The summed E-state index contributed by atoms with van der Waals surface area (Å²) in [5.41, 5.74) is 1.12. The van der Waals surface area contributed by atoms with Gasteiger partial charge in [-0.25, -0.2) is 8.42 Å². The standard InChI is InChI=1S/C12H13ClN2O2S/c1-9-8-18(16,17)6-5-15(9)12-4-2-3-11(13)10(12)7-14/h2-4,9H,5-6,8H2,1H3. The highest BCUT2D eigenvalue weighted by Crippen LogP contribution is 2.29. The molecule has 0 amide bonds. The van der Waals surface area contributed by atoms with E-state index in [1.54, 1.807) is 18.2 Å². The molecule has 0 aromatic heterocycles. The molecule has 6 heteroatoms. The van der Waals surface area contributed by atoms with Crippen molar-refractivity contribution in [3.05, 3.63) is 28.8 Å². The van der Waals surface area contributed by atoms with E-state index in [1.807, 2.05) is 11.8 Å². The third-order valence-corrected chi connectivity index (χ3v) is 5.19. The summed E-state index contributed by atoms with van der Waals surface area (Å²) < 4.78 is 23.1. The maximum absolute atomic E-state index is 11.5. The highest BCUT2D eigenvalue weighted by molar-refractivity contribution is 7.91. The highest BCUT2D eigenvalue weighted by atomic mass is 35.5. The van der Waals surface area contributed by atoms with E-state index in [0.29, 0.717) is 22.8 Å². The van der Waals surface area contributed by atoms with Crippen molar-refractivity contribution in [3.63, 3.8) is 0 Å². The van der Waals surface area contributed by atoms with Crippen LogP contribution in [0.25, 0.3) is 0 Å². The van der Waals surface area contributed by atoms with E-state index < -0.39 is 9.84 Å². The number of halogens is 1. The van der Waals surface area contributed by atoms with Gasteiger partial charge < -0.3 is 4.90 Å². The van der Waals surface area contributed by atoms with Crippen molar-refractivity contribution in [2.75, 3.05) is 23.0 Å². The fraction of sp³-hybridized carbons (Fsp3) is 0.417. The van der Waals surface area contributed by atoms with Gasteiger partial charge in [-0.15, -0.1) is 0 Å². The van der Waals surface area contributed by atoms with Crippen LogP contribution in [0.4, 0.5) is 5.69 Å². The molecule has 1 saturated heterocycles. The fourth-order valence-electron chi connectivity index (χ4n) is 2.22. The summed E-state index contributed by atoms with van der Waals surface area (Å²) in [7, 11) is -2.96. The molecular formula is C12H13ClN2O2S. The van der Waals surface area contributed by atoms with Crippen molar-refractivity contribution in [2.45, 2.75) is 13.0 Å². The summed E-state index contributed by atoms with van der Waals surface area (Å²) in [6.45, 7) is 2.25. The zero-order valence-electron chi connectivity index (χ0n) is 9.93. The Hall–Kier alpha value is -1.25. The lowest BCUT2D eigenvalue weighted by Crippen LogP contribution is -2.47. The number of hydrogen-bond acceptors (Lipinski definition) is 4. The second-order valence-electron chi connectivity index (χ2n) is 4.40. The Kier molecular flexibility index (Phi) is 3.51. The van der Waals surface area contributed by atoms with Gasteiger partial charge in [-0.3, -0.25) is 0 Å². The second-order valence-corrected chi connectivity index (χ2v) is 7.04. The summed E-state index contributed by atoms with van der Waals surface area (Å²) in [4.78, 5) is 1.94. The molecule has 4 nitrogen and oxygen atoms in total. The first-order valence-corrected chi connectivity index (χ1v) is 7.80. The molecular weight excluding hydrogens is 272 g/mol. The maximum atomic E-state index is 11.5. The molecule has 0 aliphatic carbocycles. The van der Waals surface area contributed by atoms with Crippen molar-refractivity contribution >= 4 is 27.1 Å².